The lowest BCUT2D eigenvalue weighted by Crippen LogP contribution is -2.43. The Morgan fingerprint density at radius 1 is 1.25 bits per heavy atom. The molecule has 1 aromatic carbocycles. The number of morpholine rings is 1. The molecule has 2 heterocycles. The Kier molecular flexibility index (Phi) is 4.39. The van der Waals surface area contributed by atoms with Gasteiger partial charge in [0.1, 0.15) is 6.10 Å². The third kappa shape index (κ3) is 2.76. The average Bonchev–Trinajstić information content (AvgIpc) is 2.93. The highest BCUT2D eigenvalue weighted by Crippen LogP contribution is 2.34. The van der Waals surface area contributed by atoms with Gasteiger partial charge in [0.15, 0.2) is 0 Å². The molecule has 3 heteroatoms. The smallest absolute Gasteiger partial charge is 0.105 e. The highest BCUT2D eigenvalue weighted by Gasteiger charge is 2.28. The molecule has 0 bridgehead atoms. The first-order valence-electron chi connectivity index (χ1n) is 7.66. The molecule has 2 aromatic rings. The second-order valence-electron chi connectivity index (χ2n) is 5.58. The van der Waals surface area contributed by atoms with Crippen molar-refractivity contribution in [3.05, 3.63) is 35.2 Å². The zero-order valence-electron chi connectivity index (χ0n) is 12.3. The van der Waals surface area contributed by atoms with Crippen LogP contribution in [0.3, 0.4) is 0 Å². The molecule has 2 unspecified atom stereocenters. The molecule has 2 nitrogen and oxygen atoms in total. The van der Waals surface area contributed by atoms with E-state index in [1.807, 2.05) is 11.3 Å². The van der Waals surface area contributed by atoms with Crippen LogP contribution >= 0.6 is 11.3 Å². The van der Waals surface area contributed by atoms with E-state index in [0.717, 1.165) is 13.1 Å². The largest absolute Gasteiger partial charge is 0.367 e. The summed E-state index contributed by atoms with van der Waals surface area (Å²) in [6.07, 6.45) is 2.96. The third-order valence-electron chi connectivity index (χ3n) is 4.35. The maximum absolute atomic E-state index is 6.39. The molecule has 1 aromatic heterocycles. The van der Waals surface area contributed by atoms with Crippen LogP contribution in [0.5, 0.6) is 0 Å². The summed E-state index contributed by atoms with van der Waals surface area (Å²) in [5.74, 6) is 0.666. The second kappa shape index (κ2) is 6.25. The van der Waals surface area contributed by atoms with Gasteiger partial charge in [-0.2, -0.15) is 0 Å². The van der Waals surface area contributed by atoms with Crippen LogP contribution in [0.25, 0.3) is 10.1 Å². The lowest BCUT2D eigenvalue weighted by molar-refractivity contribution is -0.0672. The van der Waals surface area contributed by atoms with Crippen molar-refractivity contribution in [1.82, 2.24) is 5.32 Å². The van der Waals surface area contributed by atoms with Crippen LogP contribution < -0.4 is 5.32 Å². The van der Waals surface area contributed by atoms with E-state index in [0.29, 0.717) is 12.0 Å². The van der Waals surface area contributed by atoms with Crippen molar-refractivity contribution in [2.75, 3.05) is 13.1 Å². The molecule has 1 N–H and O–H groups in total. The van der Waals surface area contributed by atoms with Crippen molar-refractivity contribution in [2.24, 2.45) is 5.92 Å². The van der Waals surface area contributed by atoms with Crippen LogP contribution in [0, 0.1) is 5.92 Å². The molecule has 3 rings (SSSR count). The maximum atomic E-state index is 6.39. The monoisotopic (exact) mass is 289 g/mol. The van der Waals surface area contributed by atoms with Gasteiger partial charge in [-0.05, 0) is 23.4 Å². The van der Waals surface area contributed by atoms with E-state index < -0.39 is 0 Å². The van der Waals surface area contributed by atoms with Gasteiger partial charge < -0.3 is 10.1 Å². The normalized spacial score (nSPS) is 23.6. The Bertz CT molecular complexity index is 528. The molecule has 1 saturated heterocycles. The Hall–Kier alpha value is -0.900. The zero-order chi connectivity index (χ0) is 13.9. The van der Waals surface area contributed by atoms with Crippen molar-refractivity contribution in [1.29, 1.82) is 0 Å². The molecule has 0 aliphatic carbocycles. The summed E-state index contributed by atoms with van der Waals surface area (Å²) in [7, 11) is 0. The predicted octanol–water partition coefficient (Wildman–Crippen LogP) is 4.37. The number of rotatable bonds is 4. The van der Waals surface area contributed by atoms with E-state index in [1.165, 1.54) is 27.8 Å². The van der Waals surface area contributed by atoms with Gasteiger partial charge in [-0.1, -0.05) is 44.9 Å². The molecule has 1 fully saturated rings. The fraction of sp³-hybridized carbons (Fsp3) is 0.529. The number of benzene rings is 1. The molecular weight excluding hydrogens is 266 g/mol. The molecule has 108 valence electrons. The van der Waals surface area contributed by atoms with Crippen molar-refractivity contribution in [2.45, 2.75) is 38.9 Å². The summed E-state index contributed by atoms with van der Waals surface area (Å²) >= 11 is 1.87. The number of ether oxygens (including phenoxy) is 1. The minimum absolute atomic E-state index is 0.215. The average molecular weight is 289 g/mol. The standard InChI is InChI=1S/C17H23NOS/c1-3-12(4-2)14-10-18-11-15(19-14)17-9-13-7-5-6-8-16(13)20-17/h5-9,12,14-15,18H,3-4,10-11H2,1-2H3. The van der Waals surface area contributed by atoms with E-state index in [1.54, 1.807) is 0 Å². The summed E-state index contributed by atoms with van der Waals surface area (Å²) in [5.41, 5.74) is 0. The quantitative estimate of drug-likeness (QED) is 0.902. The molecule has 0 spiro atoms. The van der Waals surface area contributed by atoms with Gasteiger partial charge in [-0.25, -0.2) is 0 Å². The fourth-order valence-corrected chi connectivity index (χ4v) is 4.19. The molecule has 20 heavy (non-hydrogen) atoms. The molecule has 0 radical (unpaired) electrons. The molecule has 1 aliphatic heterocycles. The molecule has 1 aliphatic rings. The highest BCUT2D eigenvalue weighted by molar-refractivity contribution is 7.19. The Balaban J connectivity index is 1.79. The van der Waals surface area contributed by atoms with E-state index in [4.69, 9.17) is 4.74 Å². The first kappa shape index (κ1) is 14.1. The topological polar surface area (TPSA) is 21.3 Å². The van der Waals surface area contributed by atoms with Crippen LogP contribution in [0.15, 0.2) is 30.3 Å². The summed E-state index contributed by atoms with van der Waals surface area (Å²) in [6.45, 7) is 6.46. The summed E-state index contributed by atoms with van der Waals surface area (Å²) < 4.78 is 7.75. The Morgan fingerprint density at radius 2 is 2.05 bits per heavy atom. The first-order valence-corrected chi connectivity index (χ1v) is 8.48. The van der Waals surface area contributed by atoms with Gasteiger partial charge in [-0.15, -0.1) is 11.3 Å². The lowest BCUT2D eigenvalue weighted by Gasteiger charge is -2.34. The van der Waals surface area contributed by atoms with Crippen molar-refractivity contribution in [3.8, 4) is 0 Å². The molecule has 0 saturated carbocycles. The first-order chi connectivity index (χ1) is 9.81. The zero-order valence-corrected chi connectivity index (χ0v) is 13.1. The SMILES string of the molecule is CCC(CC)C1CNCC(c2cc3ccccc3s2)O1. The summed E-state index contributed by atoms with van der Waals surface area (Å²) in [6, 6.07) is 10.9. The minimum Gasteiger partial charge on any atom is -0.367 e. The minimum atomic E-state index is 0.215. The molecular formula is C17H23NOS. The van der Waals surface area contributed by atoms with Gasteiger partial charge in [0, 0.05) is 22.7 Å². The van der Waals surface area contributed by atoms with Crippen LogP contribution in [-0.2, 0) is 4.74 Å². The Morgan fingerprint density at radius 3 is 2.80 bits per heavy atom. The van der Waals surface area contributed by atoms with Gasteiger partial charge >= 0.3 is 0 Å². The van der Waals surface area contributed by atoms with Gasteiger partial charge in [0.05, 0.1) is 6.10 Å². The number of nitrogens with one attached hydrogen (secondary N) is 1. The fourth-order valence-electron chi connectivity index (χ4n) is 3.08. The van der Waals surface area contributed by atoms with Crippen molar-refractivity contribution < 1.29 is 4.74 Å². The molecule has 2 atom stereocenters. The van der Waals surface area contributed by atoms with Gasteiger partial charge in [0.2, 0.25) is 0 Å². The third-order valence-corrected chi connectivity index (χ3v) is 5.56. The summed E-state index contributed by atoms with van der Waals surface area (Å²) in [5, 5.41) is 4.89. The van der Waals surface area contributed by atoms with Crippen molar-refractivity contribution in [3.63, 3.8) is 0 Å². The lowest BCUT2D eigenvalue weighted by atomic mass is 9.95. The molecule has 0 amide bonds. The van der Waals surface area contributed by atoms with Crippen LogP contribution in [0.1, 0.15) is 37.7 Å². The number of hydrogen-bond acceptors (Lipinski definition) is 3. The van der Waals surface area contributed by atoms with Crippen LogP contribution in [0.4, 0.5) is 0 Å². The number of fused-ring (bicyclic) bond motifs is 1. The number of thiophene rings is 1. The Labute approximate surface area is 125 Å². The highest BCUT2D eigenvalue weighted by atomic mass is 32.1. The van der Waals surface area contributed by atoms with Gasteiger partial charge in [0.25, 0.3) is 0 Å². The van der Waals surface area contributed by atoms with Crippen LogP contribution in [-0.4, -0.2) is 19.2 Å². The van der Waals surface area contributed by atoms with Crippen LogP contribution in [0.2, 0.25) is 0 Å². The van der Waals surface area contributed by atoms with E-state index in [-0.39, 0.29) is 6.10 Å². The second-order valence-corrected chi connectivity index (χ2v) is 6.70. The van der Waals surface area contributed by atoms with E-state index >= 15 is 0 Å². The maximum Gasteiger partial charge on any atom is 0.105 e. The van der Waals surface area contributed by atoms with Crippen molar-refractivity contribution >= 4 is 21.4 Å². The van der Waals surface area contributed by atoms with E-state index in [2.05, 4.69) is 49.5 Å². The van der Waals surface area contributed by atoms with Gasteiger partial charge in [-0.3, -0.25) is 0 Å². The number of hydrogen-bond donors (Lipinski definition) is 1. The van der Waals surface area contributed by atoms with E-state index in [9.17, 15) is 0 Å². The summed E-state index contributed by atoms with van der Waals surface area (Å²) in [4.78, 5) is 1.36. The predicted molar refractivity (Wildman–Crippen MR) is 86.4 cm³/mol.